The first-order chi connectivity index (χ1) is 6.60. The summed E-state index contributed by atoms with van der Waals surface area (Å²) in [5, 5.41) is 0.802. The van der Waals surface area contributed by atoms with Crippen LogP contribution in [0.5, 0.6) is 0 Å². The number of rotatable bonds is 2. The number of esters is 1. The number of benzene rings is 1. The van der Waals surface area contributed by atoms with Crippen molar-refractivity contribution in [3.05, 3.63) is 34.4 Å². The zero-order valence-electron chi connectivity index (χ0n) is 8.56. The van der Waals surface area contributed by atoms with E-state index in [1.807, 2.05) is 26.0 Å². The molecule has 0 aromatic heterocycles. The highest BCUT2D eigenvalue weighted by Gasteiger charge is 2.12. The van der Waals surface area contributed by atoms with Gasteiger partial charge in [0, 0.05) is 5.33 Å². The molecule has 76 valence electrons. The molecular formula is C11H13BrO2. The number of ether oxygens (including phenoxy) is 1. The second-order valence-electron chi connectivity index (χ2n) is 3.23. The molecule has 0 atom stereocenters. The molecule has 14 heavy (non-hydrogen) atoms. The van der Waals surface area contributed by atoms with Crippen molar-refractivity contribution in [1.82, 2.24) is 0 Å². The molecule has 0 bridgehead atoms. The molecule has 0 N–H and O–H groups in total. The Balaban J connectivity index is 3.25. The van der Waals surface area contributed by atoms with Gasteiger partial charge in [-0.3, -0.25) is 0 Å². The monoisotopic (exact) mass is 256 g/mol. The highest BCUT2D eigenvalue weighted by Crippen LogP contribution is 2.19. The fourth-order valence-electron chi connectivity index (χ4n) is 1.55. The normalized spacial score (nSPS) is 10.0. The molecule has 0 aliphatic rings. The lowest BCUT2D eigenvalue weighted by molar-refractivity contribution is 0.0599. The molecule has 0 amide bonds. The van der Waals surface area contributed by atoms with E-state index in [2.05, 4.69) is 15.9 Å². The van der Waals surface area contributed by atoms with E-state index < -0.39 is 0 Å². The van der Waals surface area contributed by atoms with Gasteiger partial charge in [0.2, 0.25) is 0 Å². The molecule has 0 radical (unpaired) electrons. The van der Waals surface area contributed by atoms with Crippen molar-refractivity contribution in [2.24, 2.45) is 0 Å². The van der Waals surface area contributed by atoms with Gasteiger partial charge < -0.3 is 4.74 Å². The van der Waals surface area contributed by atoms with E-state index in [0.717, 1.165) is 16.5 Å². The van der Waals surface area contributed by atoms with E-state index in [4.69, 9.17) is 4.74 Å². The topological polar surface area (TPSA) is 26.3 Å². The third kappa shape index (κ3) is 2.15. The van der Waals surface area contributed by atoms with E-state index in [1.54, 1.807) is 0 Å². The van der Waals surface area contributed by atoms with Crippen molar-refractivity contribution in [2.45, 2.75) is 19.2 Å². The summed E-state index contributed by atoms with van der Waals surface area (Å²) >= 11 is 3.39. The molecular weight excluding hydrogens is 244 g/mol. The number of methoxy groups -OCH3 is 1. The Morgan fingerprint density at radius 3 is 2.21 bits per heavy atom. The Morgan fingerprint density at radius 2 is 1.86 bits per heavy atom. The van der Waals surface area contributed by atoms with Crippen LogP contribution in [0.2, 0.25) is 0 Å². The van der Waals surface area contributed by atoms with Crippen LogP contribution in [0.15, 0.2) is 12.1 Å². The van der Waals surface area contributed by atoms with Gasteiger partial charge in [-0.2, -0.15) is 0 Å². The van der Waals surface area contributed by atoms with Gasteiger partial charge in [-0.25, -0.2) is 4.79 Å². The van der Waals surface area contributed by atoms with Crippen molar-refractivity contribution in [2.75, 3.05) is 7.11 Å². The van der Waals surface area contributed by atoms with Gasteiger partial charge in [-0.15, -0.1) is 0 Å². The number of alkyl halides is 1. The lowest BCUT2D eigenvalue weighted by Gasteiger charge is -2.09. The Labute approximate surface area is 92.4 Å². The van der Waals surface area contributed by atoms with Gasteiger partial charge in [0.15, 0.2) is 0 Å². The van der Waals surface area contributed by atoms with Crippen LogP contribution in [0.25, 0.3) is 0 Å². The highest BCUT2D eigenvalue weighted by atomic mass is 79.9. The third-order valence-electron chi connectivity index (χ3n) is 2.14. The van der Waals surface area contributed by atoms with Crippen LogP contribution in [0.3, 0.4) is 0 Å². The molecule has 2 nitrogen and oxygen atoms in total. The van der Waals surface area contributed by atoms with Crippen molar-refractivity contribution < 1.29 is 9.53 Å². The number of halogens is 1. The molecule has 1 aromatic rings. The number of carbonyl (C=O) groups excluding carboxylic acids is 1. The maximum absolute atomic E-state index is 11.4. The SMILES string of the molecule is COC(=O)c1c(C)cc(CBr)cc1C. The average molecular weight is 257 g/mol. The zero-order valence-corrected chi connectivity index (χ0v) is 10.1. The standard InChI is InChI=1S/C11H13BrO2/c1-7-4-9(6-12)5-8(2)10(7)11(13)14-3/h4-5H,6H2,1-3H3. The van der Waals surface area contributed by atoms with Crippen LogP contribution in [0.4, 0.5) is 0 Å². The summed E-state index contributed by atoms with van der Waals surface area (Å²) in [4.78, 5) is 11.4. The first-order valence-corrected chi connectivity index (χ1v) is 5.46. The summed E-state index contributed by atoms with van der Waals surface area (Å²) in [6.45, 7) is 3.84. The molecule has 1 aromatic carbocycles. The van der Waals surface area contributed by atoms with Crippen LogP contribution < -0.4 is 0 Å². The minimum atomic E-state index is -0.263. The minimum Gasteiger partial charge on any atom is -0.465 e. The quantitative estimate of drug-likeness (QED) is 0.601. The smallest absolute Gasteiger partial charge is 0.338 e. The fraction of sp³-hybridized carbons (Fsp3) is 0.364. The maximum Gasteiger partial charge on any atom is 0.338 e. The van der Waals surface area contributed by atoms with Crippen LogP contribution in [0.1, 0.15) is 27.0 Å². The number of carbonyl (C=O) groups is 1. The predicted molar refractivity (Wildman–Crippen MR) is 59.9 cm³/mol. The first-order valence-electron chi connectivity index (χ1n) is 4.34. The van der Waals surface area contributed by atoms with E-state index in [9.17, 15) is 4.79 Å². The van der Waals surface area contributed by atoms with Crippen molar-refractivity contribution >= 4 is 21.9 Å². The summed E-state index contributed by atoms with van der Waals surface area (Å²) in [5.74, 6) is -0.263. The number of hydrogen-bond acceptors (Lipinski definition) is 2. The Hall–Kier alpha value is -0.830. The Bertz CT molecular complexity index is 335. The van der Waals surface area contributed by atoms with E-state index in [0.29, 0.717) is 5.56 Å². The van der Waals surface area contributed by atoms with Crippen LogP contribution in [-0.2, 0) is 10.1 Å². The second-order valence-corrected chi connectivity index (χ2v) is 3.79. The second kappa shape index (κ2) is 4.60. The Kier molecular flexibility index (Phi) is 3.69. The van der Waals surface area contributed by atoms with Gasteiger partial charge in [-0.05, 0) is 30.5 Å². The predicted octanol–water partition coefficient (Wildman–Crippen LogP) is 2.98. The minimum absolute atomic E-state index is 0.263. The Morgan fingerprint density at radius 1 is 1.36 bits per heavy atom. The summed E-state index contributed by atoms with van der Waals surface area (Å²) in [6, 6.07) is 3.99. The van der Waals surface area contributed by atoms with Crippen LogP contribution >= 0.6 is 15.9 Å². The molecule has 0 saturated heterocycles. The summed E-state index contributed by atoms with van der Waals surface area (Å²) < 4.78 is 4.72. The molecule has 0 heterocycles. The van der Waals surface area contributed by atoms with Gasteiger partial charge in [0.05, 0.1) is 12.7 Å². The molecule has 0 fully saturated rings. The van der Waals surface area contributed by atoms with E-state index in [-0.39, 0.29) is 5.97 Å². The summed E-state index contributed by atoms with van der Waals surface area (Å²) in [6.07, 6.45) is 0. The molecule has 0 spiro atoms. The van der Waals surface area contributed by atoms with E-state index >= 15 is 0 Å². The van der Waals surface area contributed by atoms with Crippen molar-refractivity contribution in [3.63, 3.8) is 0 Å². The molecule has 1 rings (SSSR count). The molecule has 0 aliphatic carbocycles. The maximum atomic E-state index is 11.4. The first kappa shape index (κ1) is 11.2. The average Bonchev–Trinajstić information content (AvgIpc) is 2.16. The zero-order chi connectivity index (χ0) is 10.7. The van der Waals surface area contributed by atoms with Crippen LogP contribution in [0, 0.1) is 13.8 Å². The fourth-order valence-corrected chi connectivity index (χ4v) is 1.88. The lowest BCUT2D eigenvalue weighted by Crippen LogP contribution is -2.07. The molecule has 0 unspecified atom stereocenters. The number of hydrogen-bond donors (Lipinski definition) is 0. The van der Waals surface area contributed by atoms with Gasteiger partial charge in [0.25, 0.3) is 0 Å². The van der Waals surface area contributed by atoms with Crippen molar-refractivity contribution in [1.29, 1.82) is 0 Å². The van der Waals surface area contributed by atoms with Gasteiger partial charge >= 0.3 is 5.97 Å². The summed E-state index contributed by atoms with van der Waals surface area (Å²) in [5.41, 5.74) is 3.78. The third-order valence-corrected chi connectivity index (χ3v) is 2.78. The lowest BCUT2D eigenvalue weighted by atomic mass is 10.00. The van der Waals surface area contributed by atoms with Crippen LogP contribution in [-0.4, -0.2) is 13.1 Å². The van der Waals surface area contributed by atoms with Crippen molar-refractivity contribution in [3.8, 4) is 0 Å². The highest BCUT2D eigenvalue weighted by molar-refractivity contribution is 9.08. The molecule has 0 saturated carbocycles. The number of aryl methyl sites for hydroxylation is 2. The summed E-state index contributed by atoms with van der Waals surface area (Å²) in [7, 11) is 1.40. The molecule has 0 aliphatic heterocycles. The van der Waals surface area contributed by atoms with Gasteiger partial charge in [0.1, 0.15) is 0 Å². The largest absolute Gasteiger partial charge is 0.465 e. The van der Waals surface area contributed by atoms with E-state index in [1.165, 1.54) is 12.7 Å². The van der Waals surface area contributed by atoms with Gasteiger partial charge in [-0.1, -0.05) is 28.1 Å². The molecule has 3 heteroatoms.